The number of nitrogens with zero attached hydrogens (tertiary/aromatic N) is 1. The van der Waals surface area contributed by atoms with Gasteiger partial charge in [-0.25, -0.2) is 0 Å². The lowest BCUT2D eigenvalue weighted by Crippen LogP contribution is -2.36. The molecule has 0 spiro atoms. The van der Waals surface area contributed by atoms with Crippen LogP contribution in [0.5, 0.6) is 0 Å². The van der Waals surface area contributed by atoms with Gasteiger partial charge in [0.05, 0.1) is 17.6 Å². The average Bonchev–Trinajstić information content (AvgIpc) is 2.73. The Kier molecular flexibility index (Phi) is 4.80. The minimum absolute atomic E-state index is 0.250. The van der Waals surface area contributed by atoms with E-state index in [-0.39, 0.29) is 5.92 Å². The van der Waals surface area contributed by atoms with E-state index in [0.29, 0.717) is 5.92 Å². The Hall–Kier alpha value is -0.550. The lowest BCUT2D eigenvalue weighted by Gasteiger charge is -2.32. The maximum Gasteiger partial charge on any atom is 0.0837 e. The quantitative estimate of drug-likeness (QED) is 0.775. The zero-order chi connectivity index (χ0) is 12.2. The van der Waals surface area contributed by atoms with Crippen molar-refractivity contribution in [1.29, 1.82) is 5.26 Å². The highest BCUT2D eigenvalue weighted by Crippen LogP contribution is 2.47. The second-order valence-electron chi connectivity index (χ2n) is 5.50. The molecule has 4 unspecified atom stereocenters. The molecule has 0 heterocycles. The van der Waals surface area contributed by atoms with E-state index in [1.807, 2.05) is 0 Å². The zero-order valence-corrected chi connectivity index (χ0v) is 10.9. The first-order valence-corrected chi connectivity index (χ1v) is 6.69. The van der Waals surface area contributed by atoms with Crippen molar-refractivity contribution in [2.75, 3.05) is 0 Å². The van der Waals surface area contributed by atoms with Crippen LogP contribution < -0.4 is 0 Å². The third-order valence-electron chi connectivity index (χ3n) is 4.30. The highest BCUT2D eigenvalue weighted by molar-refractivity contribution is 5.08. The molecule has 0 aromatic carbocycles. The van der Waals surface area contributed by atoms with Crippen molar-refractivity contribution in [3.05, 3.63) is 0 Å². The predicted octanol–water partition coefficient (Wildman–Crippen LogP) is 3.50. The first-order chi connectivity index (χ1) is 7.59. The van der Waals surface area contributed by atoms with Crippen LogP contribution in [0.1, 0.15) is 59.3 Å². The second kappa shape index (κ2) is 5.68. The third kappa shape index (κ3) is 2.58. The molecule has 1 rings (SSSR count). The molecule has 1 aliphatic carbocycles. The van der Waals surface area contributed by atoms with Gasteiger partial charge in [0.25, 0.3) is 0 Å². The van der Waals surface area contributed by atoms with E-state index >= 15 is 0 Å². The van der Waals surface area contributed by atoms with Gasteiger partial charge in [0.2, 0.25) is 0 Å². The van der Waals surface area contributed by atoms with E-state index in [4.69, 9.17) is 0 Å². The number of hydrogen-bond donors (Lipinski definition) is 1. The van der Waals surface area contributed by atoms with Crippen molar-refractivity contribution in [2.24, 2.45) is 17.3 Å². The fraction of sp³-hybridized carbons (Fsp3) is 0.929. The number of aliphatic hydroxyl groups excluding tert-OH is 1. The SMILES string of the molecule is CCCC(C)C(O)C1(C#N)CCC(CC)C1. The normalized spacial score (nSPS) is 33.3. The Labute approximate surface area is 99.7 Å². The summed E-state index contributed by atoms with van der Waals surface area (Å²) in [6.07, 6.45) is 5.69. The minimum atomic E-state index is -0.449. The summed E-state index contributed by atoms with van der Waals surface area (Å²) in [6, 6.07) is 2.43. The lowest BCUT2D eigenvalue weighted by molar-refractivity contribution is 0.0168. The van der Waals surface area contributed by atoms with Crippen LogP contribution in [0.25, 0.3) is 0 Å². The molecular weight excluding hydrogens is 198 g/mol. The Bertz CT molecular complexity index is 258. The molecule has 1 saturated carbocycles. The fourth-order valence-corrected chi connectivity index (χ4v) is 3.12. The van der Waals surface area contributed by atoms with Crippen molar-refractivity contribution in [3.63, 3.8) is 0 Å². The van der Waals surface area contributed by atoms with Crippen molar-refractivity contribution >= 4 is 0 Å². The molecule has 0 saturated heterocycles. The minimum Gasteiger partial charge on any atom is -0.391 e. The molecule has 1 fully saturated rings. The molecule has 92 valence electrons. The van der Waals surface area contributed by atoms with Gasteiger partial charge < -0.3 is 5.11 Å². The molecule has 0 aromatic rings. The summed E-state index contributed by atoms with van der Waals surface area (Å²) in [4.78, 5) is 0. The highest BCUT2D eigenvalue weighted by Gasteiger charge is 2.46. The lowest BCUT2D eigenvalue weighted by atomic mass is 9.75. The first kappa shape index (κ1) is 13.5. The topological polar surface area (TPSA) is 44.0 Å². The van der Waals surface area contributed by atoms with Crippen molar-refractivity contribution < 1.29 is 5.11 Å². The first-order valence-electron chi connectivity index (χ1n) is 6.69. The Morgan fingerprint density at radius 2 is 2.19 bits per heavy atom. The molecule has 2 nitrogen and oxygen atoms in total. The van der Waals surface area contributed by atoms with Crippen LogP contribution in [0, 0.1) is 28.6 Å². The van der Waals surface area contributed by atoms with E-state index in [1.54, 1.807) is 0 Å². The van der Waals surface area contributed by atoms with Gasteiger partial charge in [-0.3, -0.25) is 0 Å². The molecule has 0 radical (unpaired) electrons. The van der Waals surface area contributed by atoms with Crippen LogP contribution in [0.2, 0.25) is 0 Å². The van der Waals surface area contributed by atoms with Crippen molar-refractivity contribution in [2.45, 2.75) is 65.4 Å². The van der Waals surface area contributed by atoms with Gasteiger partial charge in [-0.2, -0.15) is 5.26 Å². The van der Waals surface area contributed by atoms with Crippen LogP contribution in [0.3, 0.4) is 0 Å². The van der Waals surface area contributed by atoms with Gasteiger partial charge in [0.15, 0.2) is 0 Å². The summed E-state index contributed by atoms with van der Waals surface area (Å²) in [7, 11) is 0. The molecule has 0 aromatic heterocycles. The van der Waals surface area contributed by atoms with Crippen LogP contribution in [-0.4, -0.2) is 11.2 Å². The fourth-order valence-electron chi connectivity index (χ4n) is 3.12. The molecule has 1 N–H and O–H groups in total. The number of rotatable bonds is 5. The maximum absolute atomic E-state index is 10.4. The summed E-state index contributed by atoms with van der Waals surface area (Å²) in [5.74, 6) is 0.892. The van der Waals surface area contributed by atoms with Gasteiger partial charge in [0.1, 0.15) is 0 Å². The Balaban J connectivity index is 2.71. The van der Waals surface area contributed by atoms with E-state index in [0.717, 1.165) is 38.5 Å². The van der Waals surface area contributed by atoms with E-state index in [2.05, 4.69) is 26.8 Å². The summed E-state index contributed by atoms with van der Waals surface area (Å²) < 4.78 is 0. The van der Waals surface area contributed by atoms with Crippen LogP contribution in [0.15, 0.2) is 0 Å². The number of hydrogen-bond acceptors (Lipinski definition) is 2. The van der Waals surface area contributed by atoms with Crippen LogP contribution >= 0.6 is 0 Å². The Morgan fingerprint density at radius 1 is 1.50 bits per heavy atom. The Morgan fingerprint density at radius 3 is 2.62 bits per heavy atom. The summed E-state index contributed by atoms with van der Waals surface area (Å²) in [5.41, 5.74) is -0.449. The molecule has 0 bridgehead atoms. The monoisotopic (exact) mass is 223 g/mol. The summed E-state index contributed by atoms with van der Waals surface area (Å²) in [6.45, 7) is 6.39. The number of nitriles is 1. The predicted molar refractivity (Wildman–Crippen MR) is 65.8 cm³/mol. The molecule has 1 aliphatic rings. The van der Waals surface area contributed by atoms with Crippen LogP contribution in [-0.2, 0) is 0 Å². The smallest absolute Gasteiger partial charge is 0.0837 e. The van der Waals surface area contributed by atoms with E-state index in [1.165, 1.54) is 0 Å². The molecular formula is C14H25NO. The molecule has 4 atom stereocenters. The van der Waals surface area contributed by atoms with Gasteiger partial charge in [-0.1, -0.05) is 33.6 Å². The van der Waals surface area contributed by atoms with Crippen molar-refractivity contribution in [1.82, 2.24) is 0 Å². The largest absolute Gasteiger partial charge is 0.391 e. The van der Waals surface area contributed by atoms with Gasteiger partial charge in [-0.15, -0.1) is 0 Å². The van der Waals surface area contributed by atoms with Gasteiger partial charge in [-0.05, 0) is 37.5 Å². The summed E-state index contributed by atoms with van der Waals surface area (Å²) >= 11 is 0. The van der Waals surface area contributed by atoms with Gasteiger partial charge >= 0.3 is 0 Å². The second-order valence-corrected chi connectivity index (χ2v) is 5.50. The third-order valence-corrected chi connectivity index (χ3v) is 4.30. The van der Waals surface area contributed by atoms with Gasteiger partial charge in [0, 0.05) is 0 Å². The zero-order valence-electron chi connectivity index (χ0n) is 10.9. The molecule has 16 heavy (non-hydrogen) atoms. The highest BCUT2D eigenvalue weighted by atomic mass is 16.3. The maximum atomic E-state index is 10.4. The van der Waals surface area contributed by atoms with Crippen LogP contribution in [0.4, 0.5) is 0 Å². The number of aliphatic hydroxyl groups is 1. The van der Waals surface area contributed by atoms with E-state index < -0.39 is 11.5 Å². The van der Waals surface area contributed by atoms with E-state index in [9.17, 15) is 10.4 Å². The summed E-state index contributed by atoms with van der Waals surface area (Å²) in [5, 5.41) is 19.8. The molecule has 2 heteroatoms. The molecule has 0 aliphatic heterocycles. The van der Waals surface area contributed by atoms with Crippen molar-refractivity contribution in [3.8, 4) is 6.07 Å². The molecule has 0 amide bonds. The average molecular weight is 223 g/mol. The standard InChI is InChI=1S/C14H25NO/c1-4-6-11(3)13(16)14(10-15)8-7-12(5-2)9-14/h11-13,16H,4-9H2,1-3H3.